The molecule has 0 aromatic carbocycles. The summed E-state index contributed by atoms with van der Waals surface area (Å²) < 4.78 is 6.55. The van der Waals surface area contributed by atoms with E-state index in [0.717, 1.165) is 39.6 Å². The van der Waals surface area contributed by atoms with Crippen LogP contribution in [-0.2, 0) is 11.3 Å². The Kier molecular flexibility index (Phi) is 6.57. The summed E-state index contributed by atoms with van der Waals surface area (Å²) in [6.45, 7) is 3.32. The third-order valence-corrected chi connectivity index (χ3v) is 6.74. The normalized spacial score (nSPS) is 13.7. The molecule has 0 radical (unpaired) electrons. The maximum atomic E-state index is 11.1. The van der Waals surface area contributed by atoms with Crippen LogP contribution in [0.4, 0.5) is 17.7 Å². The second-order valence-electron chi connectivity index (χ2n) is 8.50. The number of carboxylic acid groups (broad SMARTS) is 1. The standard InChI is InChI=1S/C23H25N9O3S/c1-30(2)22-24-9-14(10-25-22)19-28-17-8-16(13-31(3)23-26-11-15(12-27-23)21(33)34)36-18(17)20(29-19)32-4-6-35-7-5-32/h8-12H,4-7,13H2,1-3H3,(H,33,34). The highest BCUT2D eigenvalue weighted by Gasteiger charge is 2.21. The number of hydrogen-bond acceptors (Lipinski definition) is 12. The van der Waals surface area contributed by atoms with Gasteiger partial charge >= 0.3 is 5.97 Å². The molecule has 186 valence electrons. The van der Waals surface area contributed by atoms with Gasteiger partial charge in [0.05, 0.1) is 41.1 Å². The first-order valence-corrected chi connectivity index (χ1v) is 12.1. The predicted octanol–water partition coefficient (Wildman–Crippen LogP) is 2.18. The highest BCUT2D eigenvalue weighted by atomic mass is 32.1. The Morgan fingerprint density at radius 2 is 1.69 bits per heavy atom. The van der Waals surface area contributed by atoms with Crippen molar-refractivity contribution in [3.05, 3.63) is 41.3 Å². The zero-order chi connectivity index (χ0) is 25.2. The number of morpholine rings is 1. The minimum atomic E-state index is -1.06. The van der Waals surface area contributed by atoms with Gasteiger partial charge in [0.2, 0.25) is 11.9 Å². The number of rotatable bonds is 7. The molecule has 4 aromatic heterocycles. The Labute approximate surface area is 211 Å². The maximum absolute atomic E-state index is 11.1. The number of anilines is 3. The van der Waals surface area contributed by atoms with Crippen molar-refractivity contribution in [2.24, 2.45) is 0 Å². The van der Waals surface area contributed by atoms with Crippen LogP contribution >= 0.6 is 11.3 Å². The molecule has 13 heteroatoms. The highest BCUT2D eigenvalue weighted by Crippen LogP contribution is 2.35. The Morgan fingerprint density at radius 3 is 2.33 bits per heavy atom. The van der Waals surface area contributed by atoms with Gasteiger partial charge in [-0.3, -0.25) is 0 Å². The number of hydrogen-bond donors (Lipinski definition) is 1. The molecule has 1 fully saturated rings. The Morgan fingerprint density at radius 1 is 1.03 bits per heavy atom. The number of ether oxygens (including phenoxy) is 1. The van der Waals surface area contributed by atoms with E-state index in [9.17, 15) is 4.79 Å². The summed E-state index contributed by atoms with van der Waals surface area (Å²) in [6.07, 6.45) is 6.10. The lowest BCUT2D eigenvalue weighted by atomic mass is 10.3. The molecule has 0 bridgehead atoms. The summed E-state index contributed by atoms with van der Waals surface area (Å²) in [7, 11) is 5.65. The van der Waals surface area contributed by atoms with Gasteiger partial charge in [-0.1, -0.05) is 0 Å². The van der Waals surface area contributed by atoms with Crippen molar-refractivity contribution in [2.75, 3.05) is 62.1 Å². The van der Waals surface area contributed by atoms with E-state index in [2.05, 4.69) is 24.8 Å². The molecule has 0 saturated carbocycles. The predicted molar refractivity (Wildman–Crippen MR) is 137 cm³/mol. The quantitative estimate of drug-likeness (QED) is 0.393. The fourth-order valence-electron chi connectivity index (χ4n) is 3.76. The van der Waals surface area contributed by atoms with E-state index in [1.807, 2.05) is 37.0 Å². The first kappa shape index (κ1) is 23.8. The van der Waals surface area contributed by atoms with Crippen LogP contribution in [0.15, 0.2) is 30.9 Å². The van der Waals surface area contributed by atoms with E-state index in [0.29, 0.717) is 37.5 Å². The molecular weight excluding hydrogens is 482 g/mol. The SMILES string of the molecule is CN(C)c1ncc(-c2nc(N3CCOCC3)c3sc(CN(C)c4ncc(C(=O)O)cn4)cc3n2)cn1. The molecular formula is C23H25N9O3S. The second-order valence-corrected chi connectivity index (χ2v) is 9.63. The van der Waals surface area contributed by atoms with Crippen molar-refractivity contribution in [3.63, 3.8) is 0 Å². The van der Waals surface area contributed by atoms with Crippen LogP contribution in [0.25, 0.3) is 21.6 Å². The van der Waals surface area contributed by atoms with Crippen LogP contribution in [0.5, 0.6) is 0 Å². The Hall–Kier alpha value is -3.97. The van der Waals surface area contributed by atoms with E-state index >= 15 is 0 Å². The molecule has 1 saturated heterocycles. The third-order valence-electron chi connectivity index (χ3n) is 5.63. The summed E-state index contributed by atoms with van der Waals surface area (Å²) in [6, 6.07) is 2.05. The van der Waals surface area contributed by atoms with Crippen molar-refractivity contribution < 1.29 is 14.6 Å². The van der Waals surface area contributed by atoms with Crippen LogP contribution < -0.4 is 14.7 Å². The molecule has 1 aliphatic heterocycles. The summed E-state index contributed by atoms with van der Waals surface area (Å²) in [4.78, 5) is 45.0. The lowest BCUT2D eigenvalue weighted by molar-refractivity contribution is 0.0696. The van der Waals surface area contributed by atoms with Crippen molar-refractivity contribution in [1.29, 1.82) is 0 Å². The van der Waals surface area contributed by atoms with E-state index in [1.54, 1.807) is 23.7 Å². The largest absolute Gasteiger partial charge is 0.478 e. The minimum Gasteiger partial charge on any atom is -0.478 e. The van der Waals surface area contributed by atoms with Crippen molar-refractivity contribution in [3.8, 4) is 11.4 Å². The molecule has 0 atom stereocenters. The Balaban J connectivity index is 1.49. The average Bonchev–Trinajstić information content (AvgIpc) is 3.31. The molecule has 0 unspecified atom stereocenters. The van der Waals surface area contributed by atoms with Gasteiger partial charge in [0, 0.05) is 63.9 Å². The van der Waals surface area contributed by atoms with E-state index in [-0.39, 0.29) is 5.56 Å². The smallest absolute Gasteiger partial charge is 0.338 e. The van der Waals surface area contributed by atoms with Crippen LogP contribution in [0.2, 0.25) is 0 Å². The molecule has 4 aromatic rings. The maximum Gasteiger partial charge on any atom is 0.338 e. The first-order chi connectivity index (χ1) is 17.4. The van der Waals surface area contributed by atoms with Crippen LogP contribution in [-0.4, -0.2) is 88.4 Å². The van der Waals surface area contributed by atoms with Gasteiger partial charge < -0.3 is 24.5 Å². The van der Waals surface area contributed by atoms with E-state index in [1.165, 1.54) is 12.4 Å². The van der Waals surface area contributed by atoms with Crippen LogP contribution in [0, 0.1) is 0 Å². The first-order valence-electron chi connectivity index (χ1n) is 11.3. The lowest BCUT2D eigenvalue weighted by Crippen LogP contribution is -2.36. The van der Waals surface area contributed by atoms with Crippen molar-refractivity contribution in [1.82, 2.24) is 29.9 Å². The van der Waals surface area contributed by atoms with Gasteiger partial charge in [-0.15, -0.1) is 11.3 Å². The van der Waals surface area contributed by atoms with Gasteiger partial charge in [-0.05, 0) is 6.07 Å². The van der Waals surface area contributed by atoms with Crippen LogP contribution in [0.3, 0.4) is 0 Å². The molecule has 36 heavy (non-hydrogen) atoms. The topological polar surface area (TPSA) is 134 Å². The van der Waals surface area contributed by atoms with Gasteiger partial charge in [-0.25, -0.2) is 34.7 Å². The summed E-state index contributed by atoms with van der Waals surface area (Å²) >= 11 is 1.62. The number of carbonyl (C=O) groups is 1. The molecule has 5 rings (SSSR count). The molecule has 0 spiro atoms. The summed E-state index contributed by atoms with van der Waals surface area (Å²) in [5.41, 5.74) is 1.64. The third kappa shape index (κ3) is 4.88. The molecule has 1 N–H and O–H groups in total. The average molecular weight is 508 g/mol. The molecule has 0 aliphatic carbocycles. The number of fused-ring (bicyclic) bond motifs is 1. The summed E-state index contributed by atoms with van der Waals surface area (Å²) in [5, 5.41) is 9.08. The zero-order valence-electron chi connectivity index (χ0n) is 20.1. The fraction of sp³-hybridized carbons (Fsp3) is 0.348. The number of nitrogens with zero attached hydrogens (tertiary/aromatic N) is 9. The van der Waals surface area contributed by atoms with Crippen molar-refractivity contribution >= 4 is 45.2 Å². The van der Waals surface area contributed by atoms with Crippen LogP contribution in [0.1, 0.15) is 15.2 Å². The molecule has 0 amide bonds. The number of aromatic carboxylic acids is 1. The van der Waals surface area contributed by atoms with E-state index in [4.69, 9.17) is 19.8 Å². The van der Waals surface area contributed by atoms with Gasteiger partial charge in [0.25, 0.3) is 0 Å². The van der Waals surface area contributed by atoms with Gasteiger partial charge in [0.1, 0.15) is 0 Å². The Bertz CT molecular complexity index is 1370. The fourth-order valence-corrected chi connectivity index (χ4v) is 4.93. The number of carboxylic acids is 1. The monoisotopic (exact) mass is 507 g/mol. The molecule has 1 aliphatic rings. The lowest BCUT2D eigenvalue weighted by Gasteiger charge is -2.28. The van der Waals surface area contributed by atoms with E-state index < -0.39 is 5.97 Å². The highest BCUT2D eigenvalue weighted by molar-refractivity contribution is 7.19. The number of aromatic nitrogens is 6. The number of thiophene rings is 1. The summed E-state index contributed by atoms with van der Waals surface area (Å²) in [5.74, 6) is 1.44. The molecule has 12 nitrogen and oxygen atoms in total. The zero-order valence-corrected chi connectivity index (χ0v) is 20.9. The van der Waals surface area contributed by atoms with Gasteiger partial charge in [0.15, 0.2) is 11.6 Å². The second kappa shape index (κ2) is 9.95. The van der Waals surface area contributed by atoms with Gasteiger partial charge in [-0.2, -0.15) is 0 Å². The van der Waals surface area contributed by atoms with Crippen molar-refractivity contribution in [2.45, 2.75) is 6.54 Å². The minimum absolute atomic E-state index is 0.0505. The molecule has 5 heterocycles.